The lowest BCUT2D eigenvalue weighted by Crippen LogP contribution is -2.32. The number of hydrogen-bond donors (Lipinski definition) is 1. The fourth-order valence-electron chi connectivity index (χ4n) is 2.74. The topological polar surface area (TPSA) is 47.6 Å². The van der Waals surface area contributed by atoms with Gasteiger partial charge < -0.3 is 14.8 Å². The lowest BCUT2D eigenvalue weighted by molar-refractivity contribution is -0.161. The van der Waals surface area contributed by atoms with E-state index in [1.165, 1.54) is 5.57 Å². The molecule has 0 saturated carbocycles. The van der Waals surface area contributed by atoms with Crippen LogP contribution in [0.25, 0.3) is 0 Å². The first-order valence-electron chi connectivity index (χ1n) is 7.17. The maximum Gasteiger partial charge on any atom is 0.228 e. The zero-order valence-electron chi connectivity index (χ0n) is 11.7. The van der Waals surface area contributed by atoms with Gasteiger partial charge >= 0.3 is 0 Å². The maximum absolute atomic E-state index is 12.1. The Kier molecular flexibility index (Phi) is 4.61. The number of ether oxygens (including phenoxy) is 2. The summed E-state index contributed by atoms with van der Waals surface area (Å²) < 4.78 is 12.4. The van der Waals surface area contributed by atoms with Crippen molar-refractivity contribution in [1.82, 2.24) is 0 Å². The van der Waals surface area contributed by atoms with E-state index in [4.69, 9.17) is 9.47 Å². The summed E-state index contributed by atoms with van der Waals surface area (Å²) in [6, 6.07) is 7.79. The van der Waals surface area contributed by atoms with Crippen molar-refractivity contribution >= 4 is 34.2 Å². The van der Waals surface area contributed by atoms with Gasteiger partial charge in [-0.2, -0.15) is 0 Å². The number of carbonyl (C=O) groups excluding carboxylic acids is 1. The van der Waals surface area contributed by atoms with Crippen molar-refractivity contribution in [2.45, 2.75) is 31.5 Å². The van der Waals surface area contributed by atoms with Crippen LogP contribution in [0.5, 0.6) is 0 Å². The third kappa shape index (κ3) is 3.64. The van der Waals surface area contributed by atoms with Gasteiger partial charge in [0, 0.05) is 22.8 Å². The van der Waals surface area contributed by atoms with Crippen LogP contribution < -0.4 is 5.32 Å². The van der Waals surface area contributed by atoms with Gasteiger partial charge in [0.25, 0.3) is 0 Å². The first-order valence-corrected chi connectivity index (χ1v) is 8.25. The number of rotatable bonds is 3. The van der Waals surface area contributed by atoms with E-state index in [9.17, 15) is 4.79 Å². The van der Waals surface area contributed by atoms with Crippen LogP contribution in [0, 0.1) is 3.57 Å². The van der Waals surface area contributed by atoms with Crippen LogP contribution in [0.4, 0.5) is 5.69 Å². The highest BCUT2D eigenvalue weighted by Crippen LogP contribution is 2.35. The Morgan fingerprint density at radius 3 is 2.71 bits per heavy atom. The first kappa shape index (κ1) is 15.0. The average Bonchev–Trinajstić information content (AvgIpc) is 2.93. The lowest BCUT2D eigenvalue weighted by atomic mass is 9.92. The largest absolute Gasteiger partial charge is 0.347 e. The number of benzene rings is 1. The minimum Gasteiger partial charge on any atom is -0.347 e. The quantitative estimate of drug-likeness (QED) is 0.626. The predicted molar refractivity (Wildman–Crippen MR) is 89.0 cm³/mol. The molecule has 4 nitrogen and oxygen atoms in total. The highest BCUT2D eigenvalue weighted by atomic mass is 127. The van der Waals surface area contributed by atoms with Crippen molar-refractivity contribution in [2.24, 2.45) is 0 Å². The SMILES string of the molecule is O=C(CC1=CCC2(CC1)OCCO2)Nc1ccccc1I. The zero-order chi connectivity index (χ0) is 14.7. The van der Waals surface area contributed by atoms with E-state index in [-0.39, 0.29) is 5.91 Å². The van der Waals surface area contributed by atoms with Crippen molar-refractivity contribution in [3.8, 4) is 0 Å². The molecule has 112 valence electrons. The second kappa shape index (κ2) is 6.46. The van der Waals surface area contributed by atoms with E-state index in [0.29, 0.717) is 19.6 Å². The molecule has 0 aromatic heterocycles. The molecular weight excluding hydrogens is 381 g/mol. The fourth-order valence-corrected chi connectivity index (χ4v) is 3.26. The van der Waals surface area contributed by atoms with Gasteiger partial charge in [-0.05, 0) is 41.1 Å². The minimum absolute atomic E-state index is 0.0366. The van der Waals surface area contributed by atoms with Crippen molar-refractivity contribution in [2.75, 3.05) is 18.5 Å². The fraction of sp³-hybridized carbons (Fsp3) is 0.438. The number of para-hydroxylation sites is 1. The maximum atomic E-state index is 12.1. The van der Waals surface area contributed by atoms with E-state index in [2.05, 4.69) is 34.0 Å². The van der Waals surface area contributed by atoms with Crippen LogP contribution >= 0.6 is 22.6 Å². The molecule has 1 fully saturated rings. The Hall–Kier alpha value is -0.920. The molecule has 0 radical (unpaired) electrons. The minimum atomic E-state index is -0.408. The third-order valence-corrected chi connectivity index (χ3v) is 4.82. The Balaban J connectivity index is 1.56. The number of hydrogen-bond acceptors (Lipinski definition) is 3. The Morgan fingerprint density at radius 1 is 1.29 bits per heavy atom. The molecule has 1 aliphatic carbocycles. The molecule has 1 amide bonds. The monoisotopic (exact) mass is 399 g/mol. The standard InChI is InChI=1S/C16H18INO3/c17-13-3-1-2-4-14(13)18-15(19)11-12-5-7-16(8-6-12)20-9-10-21-16/h1-5H,6-11H2,(H,18,19). The van der Waals surface area contributed by atoms with Crippen LogP contribution in [0.2, 0.25) is 0 Å². The van der Waals surface area contributed by atoms with E-state index >= 15 is 0 Å². The second-order valence-electron chi connectivity index (χ2n) is 5.38. The van der Waals surface area contributed by atoms with Crippen LogP contribution in [0.15, 0.2) is 35.9 Å². The molecule has 0 atom stereocenters. The number of carbonyl (C=O) groups is 1. The Bertz CT molecular complexity index is 564. The van der Waals surface area contributed by atoms with Gasteiger partial charge in [-0.3, -0.25) is 4.79 Å². The number of nitrogens with one attached hydrogen (secondary N) is 1. The van der Waals surface area contributed by atoms with Gasteiger partial charge in [0.2, 0.25) is 5.91 Å². The highest BCUT2D eigenvalue weighted by molar-refractivity contribution is 14.1. The zero-order valence-corrected chi connectivity index (χ0v) is 13.9. The summed E-state index contributed by atoms with van der Waals surface area (Å²) >= 11 is 2.22. The molecule has 1 N–H and O–H groups in total. The molecule has 3 rings (SSSR count). The highest BCUT2D eigenvalue weighted by Gasteiger charge is 2.37. The first-order chi connectivity index (χ1) is 10.2. The number of amides is 1. The van der Waals surface area contributed by atoms with Gasteiger partial charge in [0.05, 0.1) is 18.9 Å². The summed E-state index contributed by atoms with van der Waals surface area (Å²) in [5.41, 5.74) is 2.04. The number of anilines is 1. The summed E-state index contributed by atoms with van der Waals surface area (Å²) in [4.78, 5) is 12.1. The summed E-state index contributed by atoms with van der Waals surface area (Å²) in [6.45, 7) is 1.35. The molecule has 1 aliphatic heterocycles. The van der Waals surface area contributed by atoms with E-state index in [1.54, 1.807) is 0 Å². The van der Waals surface area contributed by atoms with Crippen LogP contribution in [0.1, 0.15) is 25.7 Å². The lowest BCUT2D eigenvalue weighted by Gasteiger charge is -2.30. The summed E-state index contributed by atoms with van der Waals surface area (Å²) in [6.07, 6.45) is 5.00. The molecule has 2 aliphatic rings. The Morgan fingerprint density at radius 2 is 2.05 bits per heavy atom. The summed E-state index contributed by atoms with van der Waals surface area (Å²) in [5, 5.41) is 2.97. The normalized spacial score (nSPS) is 20.3. The van der Waals surface area contributed by atoms with Gasteiger partial charge in [0.15, 0.2) is 5.79 Å². The smallest absolute Gasteiger partial charge is 0.228 e. The molecule has 1 aromatic rings. The van der Waals surface area contributed by atoms with E-state index in [1.807, 2.05) is 24.3 Å². The van der Waals surface area contributed by atoms with Gasteiger partial charge in [0.1, 0.15) is 0 Å². The van der Waals surface area contributed by atoms with Crippen LogP contribution in [0.3, 0.4) is 0 Å². The average molecular weight is 399 g/mol. The molecule has 5 heteroatoms. The third-order valence-electron chi connectivity index (χ3n) is 3.88. The molecule has 1 saturated heterocycles. The molecule has 1 spiro atoms. The second-order valence-corrected chi connectivity index (χ2v) is 6.54. The van der Waals surface area contributed by atoms with Crippen molar-refractivity contribution in [3.05, 3.63) is 39.5 Å². The van der Waals surface area contributed by atoms with Crippen molar-refractivity contribution < 1.29 is 14.3 Å². The molecule has 0 unspecified atom stereocenters. The summed E-state index contributed by atoms with van der Waals surface area (Å²) in [7, 11) is 0. The molecule has 1 aromatic carbocycles. The van der Waals surface area contributed by atoms with E-state index in [0.717, 1.165) is 28.5 Å². The predicted octanol–water partition coefficient (Wildman–Crippen LogP) is 3.47. The van der Waals surface area contributed by atoms with Crippen molar-refractivity contribution in [3.63, 3.8) is 0 Å². The number of halogens is 1. The van der Waals surface area contributed by atoms with Gasteiger partial charge in [-0.1, -0.05) is 23.8 Å². The Labute approximate surface area is 138 Å². The van der Waals surface area contributed by atoms with Crippen LogP contribution in [-0.4, -0.2) is 24.9 Å². The van der Waals surface area contributed by atoms with Gasteiger partial charge in [-0.25, -0.2) is 0 Å². The van der Waals surface area contributed by atoms with Gasteiger partial charge in [-0.15, -0.1) is 0 Å². The van der Waals surface area contributed by atoms with Crippen LogP contribution in [-0.2, 0) is 14.3 Å². The molecule has 21 heavy (non-hydrogen) atoms. The summed E-state index contributed by atoms with van der Waals surface area (Å²) in [5.74, 6) is -0.371. The molecule has 1 heterocycles. The molecule has 0 bridgehead atoms. The van der Waals surface area contributed by atoms with Crippen molar-refractivity contribution in [1.29, 1.82) is 0 Å². The van der Waals surface area contributed by atoms with E-state index < -0.39 is 5.79 Å². The molecular formula is C16H18INO3.